The first-order chi connectivity index (χ1) is 10.0. The molecule has 0 bridgehead atoms. The standard InChI is InChI=1S/C15H16N2O4/c1-2-7-17(9-10-3-4-10)15(21)16-13-6-5-11(18)8-12(13)14(19)20/h1,5-6,8,10,18H,3-4,7,9H2,(H,16,21)(H,19,20). The quantitative estimate of drug-likeness (QED) is 0.570. The van der Waals surface area contributed by atoms with Gasteiger partial charge in [-0.15, -0.1) is 6.42 Å². The second kappa shape index (κ2) is 6.18. The van der Waals surface area contributed by atoms with E-state index < -0.39 is 12.0 Å². The minimum Gasteiger partial charge on any atom is -0.508 e. The zero-order chi connectivity index (χ0) is 15.4. The minimum absolute atomic E-state index is 0.128. The molecule has 0 saturated heterocycles. The van der Waals surface area contributed by atoms with E-state index in [0.29, 0.717) is 12.5 Å². The van der Waals surface area contributed by atoms with E-state index in [2.05, 4.69) is 11.2 Å². The van der Waals surface area contributed by atoms with E-state index in [0.717, 1.165) is 18.9 Å². The van der Waals surface area contributed by atoms with Gasteiger partial charge in [0.1, 0.15) is 5.75 Å². The third-order valence-corrected chi connectivity index (χ3v) is 3.22. The summed E-state index contributed by atoms with van der Waals surface area (Å²) >= 11 is 0. The lowest BCUT2D eigenvalue weighted by molar-refractivity contribution is 0.0697. The molecule has 0 radical (unpaired) electrons. The van der Waals surface area contributed by atoms with Gasteiger partial charge in [0.2, 0.25) is 0 Å². The Bertz CT molecular complexity index is 602. The number of nitrogens with one attached hydrogen (secondary N) is 1. The highest BCUT2D eigenvalue weighted by atomic mass is 16.4. The predicted octanol–water partition coefficient (Wildman–Crippen LogP) is 1.97. The monoisotopic (exact) mass is 288 g/mol. The molecule has 1 aliphatic carbocycles. The van der Waals surface area contributed by atoms with Gasteiger partial charge in [0, 0.05) is 6.54 Å². The average molecular weight is 288 g/mol. The van der Waals surface area contributed by atoms with E-state index >= 15 is 0 Å². The molecule has 0 aliphatic heterocycles. The molecule has 0 heterocycles. The number of aromatic hydroxyl groups is 1. The van der Waals surface area contributed by atoms with Crippen LogP contribution in [-0.2, 0) is 0 Å². The number of rotatable bonds is 5. The number of carbonyl (C=O) groups excluding carboxylic acids is 1. The summed E-state index contributed by atoms with van der Waals surface area (Å²) in [5, 5.41) is 21.0. The maximum atomic E-state index is 12.2. The second-order valence-electron chi connectivity index (χ2n) is 4.99. The lowest BCUT2D eigenvalue weighted by Gasteiger charge is -2.21. The predicted molar refractivity (Wildman–Crippen MR) is 77.2 cm³/mol. The minimum atomic E-state index is -1.23. The van der Waals surface area contributed by atoms with Gasteiger partial charge in [0.25, 0.3) is 0 Å². The number of benzene rings is 1. The van der Waals surface area contributed by atoms with Crippen LogP contribution in [0, 0.1) is 18.3 Å². The van der Waals surface area contributed by atoms with Gasteiger partial charge in [-0.25, -0.2) is 9.59 Å². The Morgan fingerprint density at radius 3 is 2.71 bits per heavy atom. The van der Waals surface area contributed by atoms with Crippen molar-refractivity contribution in [2.45, 2.75) is 12.8 Å². The first-order valence-electron chi connectivity index (χ1n) is 6.57. The number of hydrogen-bond donors (Lipinski definition) is 3. The molecular weight excluding hydrogens is 272 g/mol. The van der Waals surface area contributed by atoms with Gasteiger partial charge in [-0.05, 0) is 37.0 Å². The highest BCUT2D eigenvalue weighted by Crippen LogP contribution is 2.30. The van der Waals surface area contributed by atoms with Crippen LogP contribution in [0.4, 0.5) is 10.5 Å². The Hall–Kier alpha value is -2.68. The molecular formula is C15H16N2O4. The van der Waals surface area contributed by atoms with E-state index in [-0.39, 0.29) is 23.5 Å². The highest BCUT2D eigenvalue weighted by Gasteiger charge is 2.27. The van der Waals surface area contributed by atoms with Crippen molar-refractivity contribution < 1.29 is 19.8 Å². The summed E-state index contributed by atoms with van der Waals surface area (Å²) in [5.74, 6) is 1.49. The normalized spacial score (nSPS) is 13.3. The molecule has 1 fully saturated rings. The van der Waals surface area contributed by atoms with Crippen LogP contribution < -0.4 is 5.32 Å². The van der Waals surface area contributed by atoms with Crippen LogP contribution in [-0.4, -0.2) is 40.2 Å². The lowest BCUT2D eigenvalue weighted by atomic mass is 10.1. The molecule has 6 heteroatoms. The number of carboxylic acids is 1. The summed E-state index contributed by atoms with van der Waals surface area (Å²) in [6, 6.07) is 3.31. The highest BCUT2D eigenvalue weighted by molar-refractivity contribution is 6.00. The first-order valence-corrected chi connectivity index (χ1v) is 6.57. The number of hydrogen-bond acceptors (Lipinski definition) is 3. The Morgan fingerprint density at radius 2 is 2.14 bits per heavy atom. The number of anilines is 1. The van der Waals surface area contributed by atoms with Crippen LogP contribution in [0.2, 0.25) is 0 Å². The Morgan fingerprint density at radius 1 is 1.43 bits per heavy atom. The number of phenols is 1. The summed E-state index contributed by atoms with van der Waals surface area (Å²) in [7, 11) is 0. The fraction of sp³-hybridized carbons (Fsp3) is 0.333. The van der Waals surface area contributed by atoms with Crippen LogP contribution in [0.15, 0.2) is 18.2 Å². The number of urea groups is 1. The first kappa shape index (κ1) is 14.7. The molecule has 110 valence electrons. The number of amides is 2. The van der Waals surface area contributed by atoms with Crippen molar-refractivity contribution in [2.75, 3.05) is 18.4 Å². The van der Waals surface area contributed by atoms with Crippen molar-refractivity contribution >= 4 is 17.7 Å². The van der Waals surface area contributed by atoms with Gasteiger partial charge >= 0.3 is 12.0 Å². The van der Waals surface area contributed by atoms with Crippen LogP contribution in [0.1, 0.15) is 23.2 Å². The summed E-state index contributed by atoms with van der Waals surface area (Å²) in [4.78, 5) is 24.8. The van der Waals surface area contributed by atoms with Gasteiger partial charge in [0.15, 0.2) is 0 Å². The summed E-state index contributed by atoms with van der Waals surface area (Å²) < 4.78 is 0. The Kier molecular flexibility index (Phi) is 4.33. The topological polar surface area (TPSA) is 89.9 Å². The number of carboxylic acid groups (broad SMARTS) is 1. The number of phenolic OH excluding ortho intramolecular Hbond substituents is 1. The Balaban J connectivity index is 2.13. The van der Waals surface area contributed by atoms with Gasteiger partial charge in [0.05, 0.1) is 17.8 Å². The molecule has 2 amide bonds. The fourth-order valence-corrected chi connectivity index (χ4v) is 1.95. The molecule has 3 N–H and O–H groups in total. The lowest BCUT2D eigenvalue weighted by Crippen LogP contribution is -2.37. The van der Waals surface area contributed by atoms with E-state index in [9.17, 15) is 14.7 Å². The smallest absolute Gasteiger partial charge is 0.337 e. The van der Waals surface area contributed by atoms with E-state index in [4.69, 9.17) is 11.5 Å². The maximum absolute atomic E-state index is 12.2. The van der Waals surface area contributed by atoms with Crippen LogP contribution in [0.25, 0.3) is 0 Å². The average Bonchev–Trinajstić information content (AvgIpc) is 3.24. The number of aromatic carboxylic acids is 1. The molecule has 21 heavy (non-hydrogen) atoms. The molecule has 1 aromatic carbocycles. The SMILES string of the molecule is C#CCN(CC1CC1)C(=O)Nc1ccc(O)cc1C(=O)O. The summed E-state index contributed by atoms with van der Waals surface area (Å²) in [6.07, 6.45) is 7.41. The zero-order valence-electron chi connectivity index (χ0n) is 11.4. The summed E-state index contributed by atoms with van der Waals surface area (Å²) in [6.45, 7) is 0.735. The van der Waals surface area contributed by atoms with Crippen LogP contribution >= 0.6 is 0 Å². The van der Waals surface area contributed by atoms with Gasteiger partial charge in [-0.3, -0.25) is 0 Å². The number of terminal acetylenes is 1. The summed E-state index contributed by atoms with van der Waals surface area (Å²) in [5.41, 5.74) is -0.0430. The van der Waals surface area contributed by atoms with E-state index in [1.807, 2.05) is 0 Å². The zero-order valence-corrected chi connectivity index (χ0v) is 11.4. The molecule has 6 nitrogen and oxygen atoms in total. The van der Waals surface area contributed by atoms with Crippen molar-refractivity contribution in [1.82, 2.24) is 4.90 Å². The molecule has 2 rings (SSSR count). The molecule has 1 aliphatic rings. The van der Waals surface area contributed by atoms with Crippen molar-refractivity contribution in [2.24, 2.45) is 5.92 Å². The van der Waals surface area contributed by atoms with Crippen molar-refractivity contribution in [1.29, 1.82) is 0 Å². The van der Waals surface area contributed by atoms with E-state index in [1.54, 1.807) is 0 Å². The largest absolute Gasteiger partial charge is 0.508 e. The molecule has 0 aromatic heterocycles. The fourth-order valence-electron chi connectivity index (χ4n) is 1.95. The van der Waals surface area contributed by atoms with Crippen molar-refractivity contribution in [3.05, 3.63) is 23.8 Å². The van der Waals surface area contributed by atoms with Crippen molar-refractivity contribution in [3.63, 3.8) is 0 Å². The van der Waals surface area contributed by atoms with Crippen molar-refractivity contribution in [3.8, 4) is 18.1 Å². The number of nitrogens with zero attached hydrogens (tertiary/aromatic N) is 1. The van der Waals surface area contributed by atoms with Crippen LogP contribution in [0.3, 0.4) is 0 Å². The van der Waals surface area contributed by atoms with E-state index in [1.165, 1.54) is 17.0 Å². The van der Waals surface area contributed by atoms with Gasteiger partial charge < -0.3 is 20.4 Å². The molecule has 0 atom stereocenters. The van der Waals surface area contributed by atoms with Gasteiger partial charge in [-0.2, -0.15) is 0 Å². The molecule has 0 unspecified atom stereocenters. The Labute approximate surface area is 122 Å². The number of carbonyl (C=O) groups is 2. The maximum Gasteiger partial charge on any atom is 0.337 e. The molecule has 1 saturated carbocycles. The molecule has 1 aromatic rings. The third-order valence-electron chi connectivity index (χ3n) is 3.22. The van der Waals surface area contributed by atoms with Gasteiger partial charge in [-0.1, -0.05) is 5.92 Å². The second-order valence-corrected chi connectivity index (χ2v) is 4.99. The van der Waals surface area contributed by atoms with Crippen LogP contribution in [0.5, 0.6) is 5.75 Å². The third kappa shape index (κ3) is 3.89. The molecule has 0 spiro atoms.